The first-order valence-electron chi connectivity index (χ1n) is 11.4. The largest absolute Gasteiger partial charge is 0.486 e. The lowest BCUT2D eigenvalue weighted by atomic mass is 10.1. The summed E-state index contributed by atoms with van der Waals surface area (Å²) in [6, 6.07) is 27.0. The number of anilines is 1. The van der Waals surface area contributed by atoms with Crippen LogP contribution in [-0.4, -0.2) is 24.1 Å². The molecule has 6 rings (SSSR count). The number of rotatable bonds is 4. The van der Waals surface area contributed by atoms with Crippen molar-refractivity contribution >= 4 is 22.6 Å². The molecule has 0 bridgehead atoms. The molecule has 3 aromatic carbocycles. The topological polar surface area (TPSA) is 73.6 Å². The van der Waals surface area contributed by atoms with Crippen molar-refractivity contribution in [2.45, 2.75) is 6.92 Å². The van der Waals surface area contributed by atoms with E-state index in [-0.39, 0.29) is 5.91 Å². The summed E-state index contributed by atoms with van der Waals surface area (Å²) in [5.74, 6) is 1.51. The molecule has 1 amide bonds. The molecule has 0 radical (unpaired) electrons. The third-order valence-corrected chi connectivity index (χ3v) is 6.05. The number of nitrogens with one attached hydrogen (secondary N) is 1. The van der Waals surface area contributed by atoms with E-state index in [1.807, 2.05) is 91.9 Å². The minimum absolute atomic E-state index is 0.283. The summed E-state index contributed by atoms with van der Waals surface area (Å²) in [5, 5.41) is 3.90. The van der Waals surface area contributed by atoms with Crippen LogP contribution in [0.1, 0.15) is 16.1 Å². The van der Waals surface area contributed by atoms with Crippen LogP contribution in [0, 0.1) is 6.92 Å². The van der Waals surface area contributed by atoms with Gasteiger partial charge in [0, 0.05) is 27.8 Å². The number of furan rings is 1. The SMILES string of the molecule is Cc1c(C(=O)Nc2cccc(-c3cccc(-c4ccc5c(c4)OCCO5)n3)c2)oc2ccccc12. The molecule has 3 heterocycles. The molecule has 2 aromatic heterocycles. The number of para-hydroxylation sites is 1. The quantitative estimate of drug-likeness (QED) is 0.330. The summed E-state index contributed by atoms with van der Waals surface area (Å²) < 4.78 is 17.1. The van der Waals surface area contributed by atoms with Gasteiger partial charge in [-0.1, -0.05) is 36.4 Å². The number of pyridine rings is 1. The van der Waals surface area contributed by atoms with Gasteiger partial charge in [-0.05, 0) is 55.5 Å². The number of aromatic nitrogens is 1. The van der Waals surface area contributed by atoms with Crippen molar-refractivity contribution in [1.82, 2.24) is 4.98 Å². The predicted molar refractivity (Wildman–Crippen MR) is 135 cm³/mol. The van der Waals surface area contributed by atoms with E-state index in [1.54, 1.807) is 0 Å². The summed E-state index contributed by atoms with van der Waals surface area (Å²) in [6.07, 6.45) is 0. The van der Waals surface area contributed by atoms with Gasteiger partial charge >= 0.3 is 0 Å². The minimum atomic E-state index is -0.283. The van der Waals surface area contributed by atoms with E-state index >= 15 is 0 Å². The first-order chi connectivity index (χ1) is 17.2. The highest BCUT2D eigenvalue weighted by atomic mass is 16.6. The van der Waals surface area contributed by atoms with Gasteiger partial charge in [-0.25, -0.2) is 4.98 Å². The van der Waals surface area contributed by atoms with Gasteiger partial charge in [-0.15, -0.1) is 0 Å². The Balaban J connectivity index is 1.27. The first-order valence-corrected chi connectivity index (χ1v) is 11.4. The Morgan fingerprint density at radius 2 is 1.54 bits per heavy atom. The minimum Gasteiger partial charge on any atom is -0.486 e. The average molecular weight is 463 g/mol. The van der Waals surface area contributed by atoms with Gasteiger partial charge in [0.1, 0.15) is 18.8 Å². The molecular formula is C29H22N2O4. The Kier molecular flexibility index (Phi) is 5.19. The van der Waals surface area contributed by atoms with E-state index in [9.17, 15) is 4.79 Å². The molecule has 0 fully saturated rings. The smallest absolute Gasteiger partial charge is 0.291 e. The van der Waals surface area contributed by atoms with E-state index < -0.39 is 0 Å². The Morgan fingerprint density at radius 3 is 2.37 bits per heavy atom. The molecule has 0 unspecified atom stereocenters. The van der Waals surface area contributed by atoms with Crippen molar-refractivity contribution in [2.24, 2.45) is 0 Å². The normalized spacial score (nSPS) is 12.5. The molecule has 5 aromatic rings. The maximum absolute atomic E-state index is 13.0. The van der Waals surface area contributed by atoms with Gasteiger partial charge in [0.25, 0.3) is 5.91 Å². The molecule has 172 valence electrons. The number of amides is 1. The van der Waals surface area contributed by atoms with Gasteiger partial charge in [0.15, 0.2) is 17.3 Å². The standard InChI is InChI=1S/C29H22N2O4/c1-18-22-8-2-3-11-25(22)35-28(18)29(32)30-21-7-4-6-19(16-21)23-9-5-10-24(31-23)20-12-13-26-27(17-20)34-15-14-33-26/h2-13,16-17H,14-15H2,1H3,(H,30,32). The van der Waals surface area contributed by atoms with Crippen LogP contribution in [0.15, 0.2) is 89.3 Å². The molecule has 0 spiro atoms. The Bertz CT molecular complexity index is 1570. The second-order valence-electron chi connectivity index (χ2n) is 8.35. The second kappa shape index (κ2) is 8.65. The molecule has 35 heavy (non-hydrogen) atoms. The second-order valence-corrected chi connectivity index (χ2v) is 8.35. The number of nitrogens with zero attached hydrogens (tertiary/aromatic N) is 1. The fourth-order valence-electron chi connectivity index (χ4n) is 4.29. The van der Waals surface area contributed by atoms with Crippen LogP contribution in [0.2, 0.25) is 0 Å². The van der Waals surface area contributed by atoms with Crippen LogP contribution in [0.25, 0.3) is 33.5 Å². The van der Waals surface area contributed by atoms with E-state index in [2.05, 4.69) is 5.32 Å². The predicted octanol–water partition coefficient (Wildman–Crippen LogP) is 6.49. The van der Waals surface area contributed by atoms with Crippen molar-refractivity contribution in [3.63, 3.8) is 0 Å². The Morgan fingerprint density at radius 1 is 0.800 bits per heavy atom. The van der Waals surface area contributed by atoms with Gasteiger partial charge in [-0.3, -0.25) is 4.79 Å². The van der Waals surface area contributed by atoms with Gasteiger partial charge < -0.3 is 19.2 Å². The van der Waals surface area contributed by atoms with Crippen molar-refractivity contribution in [3.8, 4) is 34.0 Å². The molecule has 0 saturated heterocycles. The van der Waals surface area contributed by atoms with Crippen LogP contribution >= 0.6 is 0 Å². The van der Waals surface area contributed by atoms with E-state index in [4.69, 9.17) is 18.9 Å². The summed E-state index contributed by atoms with van der Waals surface area (Å²) in [5.41, 5.74) is 5.65. The molecule has 0 aliphatic carbocycles. The van der Waals surface area contributed by atoms with Crippen LogP contribution in [0.5, 0.6) is 11.5 Å². The molecule has 0 saturated carbocycles. The summed E-state index contributed by atoms with van der Waals surface area (Å²) in [7, 11) is 0. The van der Waals surface area contributed by atoms with Crippen molar-refractivity contribution in [3.05, 3.63) is 96.3 Å². The number of hydrogen-bond acceptors (Lipinski definition) is 5. The molecular weight excluding hydrogens is 440 g/mol. The zero-order chi connectivity index (χ0) is 23.8. The molecule has 6 nitrogen and oxygen atoms in total. The number of carbonyl (C=O) groups excluding carboxylic acids is 1. The summed E-state index contributed by atoms with van der Waals surface area (Å²) >= 11 is 0. The fourth-order valence-corrected chi connectivity index (χ4v) is 4.29. The van der Waals surface area contributed by atoms with Crippen LogP contribution in [0.3, 0.4) is 0 Å². The number of aryl methyl sites for hydroxylation is 1. The molecule has 1 aliphatic heterocycles. The zero-order valence-electron chi connectivity index (χ0n) is 19.1. The van der Waals surface area contributed by atoms with E-state index in [1.165, 1.54) is 0 Å². The maximum atomic E-state index is 13.0. The summed E-state index contributed by atoms with van der Waals surface area (Å²) in [4.78, 5) is 17.8. The lowest BCUT2D eigenvalue weighted by Gasteiger charge is -2.18. The van der Waals surface area contributed by atoms with Crippen molar-refractivity contribution < 1.29 is 18.7 Å². The monoisotopic (exact) mass is 462 g/mol. The number of fused-ring (bicyclic) bond motifs is 2. The number of hydrogen-bond donors (Lipinski definition) is 1. The van der Waals surface area contributed by atoms with Gasteiger partial charge in [0.05, 0.1) is 11.4 Å². The Labute approximate surface area is 202 Å². The van der Waals surface area contributed by atoms with Gasteiger partial charge in [0.2, 0.25) is 0 Å². The first kappa shape index (κ1) is 21.0. The van der Waals surface area contributed by atoms with E-state index in [0.29, 0.717) is 30.2 Å². The molecule has 0 atom stereocenters. The highest BCUT2D eigenvalue weighted by molar-refractivity contribution is 6.06. The van der Waals surface area contributed by atoms with Crippen LogP contribution < -0.4 is 14.8 Å². The highest BCUT2D eigenvalue weighted by Gasteiger charge is 2.18. The maximum Gasteiger partial charge on any atom is 0.291 e. The Hall–Kier alpha value is -4.58. The highest BCUT2D eigenvalue weighted by Crippen LogP contribution is 2.34. The van der Waals surface area contributed by atoms with Crippen LogP contribution in [-0.2, 0) is 0 Å². The van der Waals surface area contributed by atoms with Crippen LogP contribution in [0.4, 0.5) is 5.69 Å². The zero-order valence-corrected chi connectivity index (χ0v) is 19.1. The van der Waals surface area contributed by atoms with Gasteiger partial charge in [-0.2, -0.15) is 0 Å². The summed E-state index contributed by atoms with van der Waals surface area (Å²) in [6.45, 7) is 2.99. The number of ether oxygens (including phenoxy) is 2. The number of carbonyl (C=O) groups is 1. The van der Waals surface area contributed by atoms with E-state index in [0.717, 1.165) is 45.0 Å². The average Bonchev–Trinajstić information content (AvgIpc) is 3.25. The molecule has 6 heteroatoms. The molecule has 1 N–H and O–H groups in total. The molecule has 1 aliphatic rings. The fraction of sp³-hybridized carbons (Fsp3) is 0.103. The number of benzene rings is 3. The third-order valence-electron chi connectivity index (χ3n) is 6.05. The van der Waals surface area contributed by atoms with Crippen molar-refractivity contribution in [2.75, 3.05) is 18.5 Å². The third kappa shape index (κ3) is 3.99. The lowest BCUT2D eigenvalue weighted by Crippen LogP contribution is -2.15. The van der Waals surface area contributed by atoms with Crippen molar-refractivity contribution in [1.29, 1.82) is 0 Å². The lowest BCUT2D eigenvalue weighted by molar-refractivity contribution is 0.0998.